The number of hydrogen-bond donors (Lipinski definition) is 4. The van der Waals surface area contributed by atoms with Gasteiger partial charge >= 0.3 is 0 Å². The standard InChI is InChI=1S/C24H26FN5O4S/c1-11(26)28-23(30-14-8-9-15-22(17(14)25)35-12(2)29-15)21-19(31)18(27)20-16(33-21)10-32-24(34-20)13-6-4-3-5-7-13/h3-9,16,18-21,24,31H,10,27H2,1-2H3,(H2,26,28,30). The molecule has 2 aliphatic rings. The second kappa shape index (κ2) is 9.69. The molecule has 5 rings (SSSR count). The van der Waals surface area contributed by atoms with E-state index in [4.69, 9.17) is 25.4 Å². The van der Waals surface area contributed by atoms with Gasteiger partial charge in [0.05, 0.1) is 33.6 Å². The number of thiazole rings is 1. The fourth-order valence-electron chi connectivity index (χ4n) is 4.33. The van der Waals surface area contributed by atoms with E-state index in [2.05, 4.69) is 15.3 Å². The molecule has 6 unspecified atom stereocenters. The number of nitrogens with one attached hydrogen (secondary N) is 2. The zero-order valence-corrected chi connectivity index (χ0v) is 20.0. The monoisotopic (exact) mass is 499 g/mol. The van der Waals surface area contributed by atoms with Crippen LogP contribution in [0.4, 0.5) is 10.1 Å². The summed E-state index contributed by atoms with van der Waals surface area (Å²) >= 11 is 1.24. The van der Waals surface area contributed by atoms with Crippen LogP contribution in [0.25, 0.3) is 10.2 Å². The van der Waals surface area contributed by atoms with Crippen LogP contribution in [-0.2, 0) is 14.2 Å². The summed E-state index contributed by atoms with van der Waals surface area (Å²) in [5.74, 6) is -0.469. The maximum Gasteiger partial charge on any atom is 0.184 e. The molecule has 3 aromatic rings. The zero-order chi connectivity index (χ0) is 24.7. The number of aliphatic hydroxyl groups excluding tert-OH is 1. The van der Waals surface area contributed by atoms with Crippen LogP contribution in [0.3, 0.4) is 0 Å². The Morgan fingerprint density at radius 1 is 1.26 bits per heavy atom. The third-order valence-electron chi connectivity index (χ3n) is 5.96. The van der Waals surface area contributed by atoms with Gasteiger partial charge in [0.25, 0.3) is 0 Å². The first-order valence-corrected chi connectivity index (χ1v) is 12.0. The van der Waals surface area contributed by atoms with Gasteiger partial charge in [0.2, 0.25) is 0 Å². The van der Waals surface area contributed by atoms with Crippen LogP contribution in [0, 0.1) is 18.2 Å². The fourth-order valence-corrected chi connectivity index (χ4v) is 5.18. The largest absolute Gasteiger partial charge is 0.388 e. The van der Waals surface area contributed by atoms with Crippen LogP contribution in [-0.4, -0.2) is 58.8 Å². The molecule has 0 amide bonds. The molecule has 0 spiro atoms. The Morgan fingerprint density at radius 2 is 2.03 bits per heavy atom. The van der Waals surface area contributed by atoms with Crippen LogP contribution in [0.15, 0.2) is 47.5 Å². The topological polar surface area (TPSA) is 135 Å². The number of rotatable bonds is 3. The molecule has 2 fully saturated rings. The van der Waals surface area contributed by atoms with Crippen molar-refractivity contribution in [2.24, 2.45) is 10.7 Å². The Morgan fingerprint density at radius 3 is 2.77 bits per heavy atom. The normalized spacial score (nSPS) is 29.1. The van der Waals surface area contributed by atoms with Crippen molar-refractivity contribution in [2.75, 3.05) is 11.9 Å². The number of aliphatic hydroxyl groups is 1. The van der Waals surface area contributed by atoms with E-state index in [0.29, 0.717) is 10.2 Å². The first-order valence-electron chi connectivity index (χ1n) is 11.2. The molecule has 2 saturated heterocycles. The number of hydrogen-bond acceptors (Lipinski definition) is 8. The average Bonchev–Trinajstić information content (AvgIpc) is 3.24. The van der Waals surface area contributed by atoms with Crippen molar-refractivity contribution in [2.45, 2.75) is 50.6 Å². The van der Waals surface area contributed by atoms with Gasteiger partial charge in [0.15, 0.2) is 12.1 Å². The van der Waals surface area contributed by atoms with Gasteiger partial charge in [-0.3, -0.25) is 5.41 Å². The summed E-state index contributed by atoms with van der Waals surface area (Å²) in [6.45, 7) is 3.46. The van der Waals surface area contributed by atoms with E-state index in [9.17, 15) is 5.11 Å². The third kappa shape index (κ3) is 4.70. The van der Waals surface area contributed by atoms with Gasteiger partial charge in [0, 0.05) is 5.56 Å². The number of aromatic nitrogens is 1. The molecule has 0 radical (unpaired) electrons. The van der Waals surface area contributed by atoms with Crippen molar-refractivity contribution in [3.05, 3.63) is 58.9 Å². The van der Waals surface area contributed by atoms with Crippen LogP contribution < -0.4 is 11.1 Å². The molecular formula is C24H26FN5O4S. The van der Waals surface area contributed by atoms with E-state index >= 15 is 4.39 Å². The van der Waals surface area contributed by atoms with Gasteiger partial charge in [-0.05, 0) is 26.0 Å². The molecule has 11 heteroatoms. The van der Waals surface area contributed by atoms with Gasteiger partial charge in [-0.1, -0.05) is 30.3 Å². The molecule has 5 N–H and O–H groups in total. The minimum Gasteiger partial charge on any atom is -0.388 e. The van der Waals surface area contributed by atoms with E-state index < -0.39 is 42.6 Å². The summed E-state index contributed by atoms with van der Waals surface area (Å²) in [6, 6.07) is 11.8. The Kier molecular flexibility index (Phi) is 6.62. The van der Waals surface area contributed by atoms with Crippen LogP contribution in [0.5, 0.6) is 0 Å². The number of amidine groups is 2. The molecule has 1 aromatic heterocycles. The minimum atomic E-state index is -1.23. The van der Waals surface area contributed by atoms with E-state index in [1.165, 1.54) is 18.3 Å². The van der Waals surface area contributed by atoms with Crippen molar-refractivity contribution in [3.63, 3.8) is 0 Å². The van der Waals surface area contributed by atoms with Crippen molar-refractivity contribution >= 4 is 38.9 Å². The quantitative estimate of drug-likeness (QED) is 0.321. The van der Waals surface area contributed by atoms with E-state index in [1.54, 1.807) is 12.1 Å². The van der Waals surface area contributed by atoms with E-state index in [-0.39, 0.29) is 24.0 Å². The SMILES string of the molecule is CC(=N)/N=C(\Nc1ccc2nc(C)sc2c1F)C1OC2COC(c3ccccc3)OC2C(N)C1O. The molecule has 2 aliphatic heterocycles. The molecule has 35 heavy (non-hydrogen) atoms. The highest BCUT2D eigenvalue weighted by atomic mass is 32.1. The maximum absolute atomic E-state index is 15.2. The summed E-state index contributed by atoms with van der Waals surface area (Å²) in [5.41, 5.74) is 7.93. The molecule has 9 nitrogen and oxygen atoms in total. The third-order valence-corrected chi connectivity index (χ3v) is 6.94. The maximum atomic E-state index is 15.2. The van der Waals surface area contributed by atoms with Gasteiger partial charge in [-0.15, -0.1) is 11.3 Å². The number of aryl methyl sites for hydroxylation is 1. The molecule has 3 heterocycles. The van der Waals surface area contributed by atoms with Crippen LogP contribution in [0.2, 0.25) is 0 Å². The van der Waals surface area contributed by atoms with Crippen LogP contribution in [0.1, 0.15) is 23.8 Å². The zero-order valence-electron chi connectivity index (χ0n) is 19.1. The van der Waals surface area contributed by atoms with Crippen molar-refractivity contribution < 1.29 is 23.7 Å². The number of anilines is 1. The van der Waals surface area contributed by atoms with E-state index in [1.807, 2.05) is 37.3 Å². The lowest BCUT2D eigenvalue weighted by Gasteiger charge is -2.47. The first kappa shape index (κ1) is 23.9. The van der Waals surface area contributed by atoms with Crippen molar-refractivity contribution in [1.82, 2.24) is 4.98 Å². The minimum absolute atomic E-state index is 0.0469. The number of halogens is 1. The summed E-state index contributed by atoms with van der Waals surface area (Å²) in [6.07, 6.45) is -4.13. The summed E-state index contributed by atoms with van der Waals surface area (Å²) < 4.78 is 33.7. The fraction of sp³-hybridized carbons (Fsp3) is 0.375. The average molecular weight is 500 g/mol. The lowest BCUT2D eigenvalue weighted by Crippen LogP contribution is -2.67. The Balaban J connectivity index is 1.39. The Labute approximate surface area is 205 Å². The molecule has 0 saturated carbocycles. The van der Waals surface area contributed by atoms with Gasteiger partial charge in [0.1, 0.15) is 36.1 Å². The summed E-state index contributed by atoms with van der Waals surface area (Å²) in [4.78, 5) is 8.50. The molecule has 6 atom stereocenters. The number of nitrogens with two attached hydrogens (primary N) is 1. The number of fused-ring (bicyclic) bond motifs is 2. The number of nitrogens with zero attached hydrogens (tertiary/aromatic N) is 2. The molecule has 0 aliphatic carbocycles. The van der Waals surface area contributed by atoms with Gasteiger partial charge in [-0.2, -0.15) is 0 Å². The Bertz CT molecular complexity index is 1270. The molecule has 2 aromatic carbocycles. The number of aliphatic imine (C=N–C) groups is 1. The molecule has 0 bridgehead atoms. The predicted octanol–water partition coefficient (Wildman–Crippen LogP) is 3.12. The highest BCUT2D eigenvalue weighted by Crippen LogP contribution is 2.35. The number of benzene rings is 2. The molecule has 184 valence electrons. The van der Waals surface area contributed by atoms with Crippen molar-refractivity contribution in [1.29, 1.82) is 5.41 Å². The first-order chi connectivity index (χ1) is 16.8. The molecular weight excluding hydrogens is 473 g/mol. The summed E-state index contributed by atoms with van der Waals surface area (Å²) in [5, 5.41) is 22.6. The van der Waals surface area contributed by atoms with E-state index in [0.717, 1.165) is 10.6 Å². The predicted molar refractivity (Wildman–Crippen MR) is 131 cm³/mol. The number of ether oxygens (including phenoxy) is 3. The highest BCUT2D eigenvalue weighted by Gasteiger charge is 2.49. The lowest BCUT2D eigenvalue weighted by molar-refractivity contribution is -0.299. The summed E-state index contributed by atoms with van der Waals surface area (Å²) in [7, 11) is 0. The smallest absolute Gasteiger partial charge is 0.184 e. The van der Waals surface area contributed by atoms with Crippen molar-refractivity contribution in [3.8, 4) is 0 Å². The van der Waals surface area contributed by atoms with Crippen LogP contribution >= 0.6 is 11.3 Å². The van der Waals surface area contributed by atoms with Gasteiger partial charge in [-0.25, -0.2) is 14.4 Å². The Hall–Kier alpha value is -2.80. The van der Waals surface area contributed by atoms with Gasteiger partial charge < -0.3 is 30.4 Å². The second-order valence-electron chi connectivity index (χ2n) is 8.56. The second-order valence-corrected chi connectivity index (χ2v) is 9.76. The highest BCUT2D eigenvalue weighted by molar-refractivity contribution is 7.18. The lowest BCUT2D eigenvalue weighted by atomic mass is 9.91.